The van der Waals surface area contributed by atoms with Crippen molar-refractivity contribution in [2.75, 3.05) is 31.5 Å². The predicted octanol–water partition coefficient (Wildman–Crippen LogP) is 3.49. The topological polar surface area (TPSA) is 103 Å². The van der Waals surface area contributed by atoms with Gasteiger partial charge in [0, 0.05) is 50.5 Å². The van der Waals surface area contributed by atoms with E-state index in [4.69, 9.17) is 0 Å². The molecule has 14 heteroatoms. The second kappa shape index (κ2) is 9.50. The van der Waals surface area contributed by atoms with Gasteiger partial charge in [-0.3, -0.25) is 14.3 Å². The molecule has 5 rings (SSSR count). The molecule has 0 atom stereocenters. The Morgan fingerprint density at radius 1 is 1.14 bits per heavy atom. The highest BCUT2D eigenvalue weighted by molar-refractivity contribution is 5.95. The number of rotatable bonds is 4. The zero-order valence-corrected chi connectivity index (χ0v) is 18.8. The van der Waals surface area contributed by atoms with E-state index in [1.807, 2.05) is 0 Å². The van der Waals surface area contributed by atoms with Crippen LogP contribution in [0.5, 0.6) is 0 Å². The fourth-order valence-electron chi connectivity index (χ4n) is 3.85. The number of amides is 1. The molecule has 1 fully saturated rings. The maximum atomic E-state index is 14.8. The number of hydrogen-bond acceptors (Lipinski definition) is 6. The highest BCUT2D eigenvalue weighted by Gasteiger charge is 2.37. The van der Waals surface area contributed by atoms with Gasteiger partial charge in [-0.25, -0.2) is 14.4 Å². The molecular formula is C21H19ClF4N8O. The van der Waals surface area contributed by atoms with Crippen LogP contribution in [0.25, 0.3) is 16.9 Å². The van der Waals surface area contributed by atoms with Crippen molar-refractivity contribution in [2.24, 2.45) is 0 Å². The van der Waals surface area contributed by atoms with Gasteiger partial charge in [0.05, 0.1) is 23.0 Å². The van der Waals surface area contributed by atoms with Crippen LogP contribution >= 0.6 is 12.4 Å². The SMILES string of the molecule is Cl.O=C(c1ccc(Nc2nccn3c(-c4c[nH]nc4C(F)(F)F)cnc23)cc1F)N1CCNCC1. The van der Waals surface area contributed by atoms with Crippen LogP contribution in [0.2, 0.25) is 0 Å². The summed E-state index contributed by atoms with van der Waals surface area (Å²) in [5, 5.41) is 11.6. The van der Waals surface area contributed by atoms with Gasteiger partial charge in [-0.1, -0.05) is 0 Å². The minimum absolute atomic E-state index is 0. The van der Waals surface area contributed by atoms with Crippen molar-refractivity contribution in [3.8, 4) is 11.3 Å². The Balaban J connectivity index is 0.00000289. The molecule has 0 aliphatic carbocycles. The van der Waals surface area contributed by atoms with E-state index in [2.05, 4.69) is 30.8 Å². The molecule has 3 aromatic heterocycles. The van der Waals surface area contributed by atoms with E-state index >= 15 is 0 Å². The van der Waals surface area contributed by atoms with Crippen LogP contribution in [0.1, 0.15) is 16.1 Å². The highest BCUT2D eigenvalue weighted by atomic mass is 35.5. The van der Waals surface area contributed by atoms with E-state index in [1.54, 1.807) is 4.90 Å². The van der Waals surface area contributed by atoms with E-state index in [1.165, 1.54) is 41.2 Å². The quantitative estimate of drug-likeness (QED) is 0.363. The molecule has 1 aromatic carbocycles. The lowest BCUT2D eigenvalue weighted by molar-refractivity contribution is -0.140. The number of fused-ring (bicyclic) bond motifs is 1. The summed E-state index contributed by atoms with van der Waals surface area (Å²) in [6.07, 6.45) is 0.620. The van der Waals surface area contributed by atoms with Crippen molar-refractivity contribution < 1.29 is 22.4 Å². The van der Waals surface area contributed by atoms with Crippen molar-refractivity contribution >= 4 is 35.5 Å². The van der Waals surface area contributed by atoms with Crippen molar-refractivity contribution in [3.05, 3.63) is 60.1 Å². The molecule has 184 valence electrons. The average molecular weight is 511 g/mol. The Morgan fingerprint density at radius 2 is 1.91 bits per heavy atom. The molecule has 1 aliphatic rings. The molecule has 35 heavy (non-hydrogen) atoms. The lowest BCUT2D eigenvalue weighted by Crippen LogP contribution is -2.46. The molecule has 9 nitrogen and oxygen atoms in total. The fraction of sp³-hybridized carbons (Fsp3) is 0.238. The number of benzene rings is 1. The highest BCUT2D eigenvalue weighted by Crippen LogP contribution is 2.36. The van der Waals surface area contributed by atoms with Crippen LogP contribution in [-0.2, 0) is 6.18 Å². The third-order valence-corrected chi connectivity index (χ3v) is 5.48. The summed E-state index contributed by atoms with van der Waals surface area (Å²) in [5.41, 5.74) is -0.579. The summed E-state index contributed by atoms with van der Waals surface area (Å²) in [7, 11) is 0. The number of imidazole rings is 1. The van der Waals surface area contributed by atoms with Crippen LogP contribution < -0.4 is 10.6 Å². The predicted molar refractivity (Wildman–Crippen MR) is 121 cm³/mol. The molecule has 1 saturated heterocycles. The molecule has 0 radical (unpaired) electrons. The van der Waals surface area contributed by atoms with E-state index in [0.717, 1.165) is 6.20 Å². The fourth-order valence-corrected chi connectivity index (χ4v) is 3.85. The van der Waals surface area contributed by atoms with Crippen LogP contribution in [0.15, 0.2) is 43.0 Å². The number of H-pyrrole nitrogens is 1. The first-order valence-corrected chi connectivity index (χ1v) is 10.3. The Labute approximate surface area is 202 Å². The number of anilines is 2. The Kier molecular flexibility index (Phi) is 6.63. The van der Waals surface area contributed by atoms with Crippen LogP contribution in [-0.4, -0.2) is 61.6 Å². The lowest BCUT2D eigenvalue weighted by Gasteiger charge is -2.27. The molecule has 0 unspecified atom stereocenters. The maximum Gasteiger partial charge on any atom is 0.435 e. The number of aromatic nitrogens is 5. The molecular weight excluding hydrogens is 492 g/mol. The molecule has 0 spiro atoms. The average Bonchev–Trinajstić information content (AvgIpc) is 3.47. The van der Waals surface area contributed by atoms with Crippen LogP contribution in [0.4, 0.5) is 29.1 Å². The number of halogens is 5. The van der Waals surface area contributed by atoms with Crippen molar-refractivity contribution in [2.45, 2.75) is 6.18 Å². The second-order valence-corrected chi connectivity index (χ2v) is 7.62. The number of hydrogen-bond donors (Lipinski definition) is 3. The Hall–Kier alpha value is -3.71. The summed E-state index contributed by atoms with van der Waals surface area (Å²) in [6.45, 7) is 2.30. The minimum Gasteiger partial charge on any atom is -0.337 e. The van der Waals surface area contributed by atoms with Gasteiger partial charge < -0.3 is 15.5 Å². The number of nitrogens with zero attached hydrogens (tertiary/aromatic N) is 5. The Morgan fingerprint density at radius 3 is 2.63 bits per heavy atom. The first kappa shape index (κ1) is 24.4. The van der Waals surface area contributed by atoms with Crippen LogP contribution in [0, 0.1) is 5.82 Å². The van der Waals surface area contributed by atoms with E-state index in [9.17, 15) is 22.4 Å². The standard InChI is InChI=1S/C21H18F4N8O.ClH/c22-15-9-12(1-2-13(15)20(34)32-6-3-26-4-7-32)30-18-19-28-11-16(33(19)8-5-27-18)14-10-29-31-17(14)21(23,24)25;/h1-2,5,8-11,26H,3-4,6-7H2,(H,27,30)(H,29,31);1H. The van der Waals surface area contributed by atoms with Gasteiger partial charge in [0.2, 0.25) is 0 Å². The number of nitrogens with one attached hydrogen (secondary N) is 3. The monoisotopic (exact) mass is 510 g/mol. The normalized spacial score (nSPS) is 14.1. The van der Waals surface area contributed by atoms with E-state index < -0.39 is 17.7 Å². The number of carbonyl (C=O) groups excluding carboxylic acids is 1. The number of alkyl halides is 3. The summed E-state index contributed by atoms with van der Waals surface area (Å²) >= 11 is 0. The molecule has 4 aromatic rings. The third kappa shape index (κ3) is 4.64. The van der Waals surface area contributed by atoms with E-state index in [-0.39, 0.29) is 46.6 Å². The molecule has 0 bridgehead atoms. The van der Waals surface area contributed by atoms with E-state index in [0.29, 0.717) is 31.9 Å². The molecule has 0 saturated carbocycles. The van der Waals surface area contributed by atoms with Crippen molar-refractivity contribution in [3.63, 3.8) is 0 Å². The smallest absolute Gasteiger partial charge is 0.337 e. The largest absolute Gasteiger partial charge is 0.435 e. The Bertz CT molecular complexity index is 1360. The van der Waals surface area contributed by atoms with Gasteiger partial charge in [-0.05, 0) is 18.2 Å². The lowest BCUT2D eigenvalue weighted by atomic mass is 10.1. The zero-order chi connectivity index (χ0) is 23.9. The van der Waals surface area contributed by atoms with Gasteiger partial charge in [0.15, 0.2) is 17.2 Å². The van der Waals surface area contributed by atoms with Crippen molar-refractivity contribution in [1.82, 2.24) is 34.8 Å². The van der Waals surface area contributed by atoms with Crippen LogP contribution in [0.3, 0.4) is 0 Å². The van der Waals surface area contributed by atoms with Crippen molar-refractivity contribution in [1.29, 1.82) is 0 Å². The first-order valence-electron chi connectivity index (χ1n) is 10.3. The zero-order valence-electron chi connectivity index (χ0n) is 17.9. The van der Waals surface area contributed by atoms with Gasteiger partial charge in [-0.2, -0.15) is 18.3 Å². The molecule has 1 amide bonds. The van der Waals surface area contributed by atoms with Gasteiger partial charge in [-0.15, -0.1) is 12.4 Å². The third-order valence-electron chi connectivity index (χ3n) is 5.48. The van der Waals surface area contributed by atoms with Gasteiger partial charge in [0.25, 0.3) is 5.91 Å². The summed E-state index contributed by atoms with van der Waals surface area (Å²) < 4.78 is 56.0. The summed E-state index contributed by atoms with van der Waals surface area (Å²) in [4.78, 5) is 22.6. The number of piperazine rings is 1. The molecule has 3 N–H and O–H groups in total. The first-order chi connectivity index (χ1) is 16.3. The molecule has 4 heterocycles. The van der Waals surface area contributed by atoms with Gasteiger partial charge >= 0.3 is 6.18 Å². The van der Waals surface area contributed by atoms with Gasteiger partial charge in [0.1, 0.15) is 5.82 Å². The maximum absolute atomic E-state index is 14.8. The summed E-state index contributed by atoms with van der Waals surface area (Å²) in [5.74, 6) is -0.881. The molecule has 1 aliphatic heterocycles. The minimum atomic E-state index is -4.64. The summed E-state index contributed by atoms with van der Waals surface area (Å²) in [6, 6.07) is 4.09. The number of aromatic amines is 1. The number of carbonyl (C=O) groups is 1. The second-order valence-electron chi connectivity index (χ2n) is 7.62.